The minimum absolute atomic E-state index is 0.169. The molecular weight excluding hydrogens is 188 g/mol. The van der Waals surface area contributed by atoms with Crippen molar-refractivity contribution >= 4 is 5.91 Å². The second-order valence-electron chi connectivity index (χ2n) is 4.75. The number of rotatable bonds is 4. The summed E-state index contributed by atoms with van der Waals surface area (Å²) in [7, 11) is 0. The summed E-state index contributed by atoms with van der Waals surface area (Å²) < 4.78 is 0. The van der Waals surface area contributed by atoms with Crippen LogP contribution < -0.4 is 10.6 Å². The Labute approximate surface area is 93.0 Å². The summed E-state index contributed by atoms with van der Waals surface area (Å²) in [4.78, 5) is 11.9. The molecule has 0 bridgehead atoms. The summed E-state index contributed by atoms with van der Waals surface area (Å²) in [5.74, 6) is 0.985. The van der Waals surface area contributed by atoms with Gasteiger partial charge in [-0.15, -0.1) is 0 Å². The number of amides is 1. The Morgan fingerprint density at radius 2 is 2.33 bits per heavy atom. The van der Waals surface area contributed by atoms with Gasteiger partial charge in [0.15, 0.2) is 0 Å². The van der Waals surface area contributed by atoms with Gasteiger partial charge in [0.2, 0.25) is 5.91 Å². The highest BCUT2D eigenvalue weighted by atomic mass is 16.1. The van der Waals surface area contributed by atoms with Crippen molar-refractivity contribution in [3.05, 3.63) is 0 Å². The lowest BCUT2D eigenvalue weighted by Crippen LogP contribution is -2.47. The molecule has 2 N–H and O–H groups in total. The van der Waals surface area contributed by atoms with Gasteiger partial charge in [0.25, 0.3) is 0 Å². The van der Waals surface area contributed by atoms with Crippen LogP contribution in [-0.4, -0.2) is 25.0 Å². The lowest BCUT2D eigenvalue weighted by molar-refractivity contribution is -0.126. The smallest absolute Gasteiger partial charge is 0.224 e. The maximum absolute atomic E-state index is 11.9. The lowest BCUT2D eigenvalue weighted by atomic mass is 9.91. The Morgan fingerprint density at radius 3 is 2.93 bits per heavy atom. The molecule has 1 aliphatic heterocycles. The number of carbonyl (C=O) groups excluding carboxylic acids is 1. The van der Waals surface area contributed by atoms with Crippen molar-refractivity contribution in [2.45, 2.75) is 46.1 Å². The van der Waals surface area contributed by atoms with E-state index >= 15 is 0 Å². The maximum atomic E-state index is 11.9. The van der Waals surface area contributed by atoms with E-state index in [4.69, 9.17) is 0 Å². The van der Waals surface area contributed by atoms with E-state index in [-0.39, 0.29) is 11.8 Å². The number of hydrogen-bond acceptors (Lipinski definition) is 2. The molecule has 0 aromatic carbocycles. The highest BCUT2D eigenvalue weighted by molar-refractivity contribution is 5.79. The molecule has 0 aromatic heterocycles. The normalized spacial score (nSPS) is 28.5. The van der Waals surface area contributed by atoms with Gasteiger partial charge in [-0.05, 0) is 32.2 Å². The minimum Gasteiger partial charge on any atom is -0.356 e. The zero-order valence-electron chi connectivity index (χ0n) is 10.2. The summed E-state index contributed by atoms with van der Waals surface area (Å²) in [5.41, 5.74) is 0. The SMILES string of the molecule is CCC(C)CNC(=O)C1CCCNC1C. The Kier molecular flexibility index (Phi) is 5.09. The molecule has 1 aliphatic rings. The van der Waals surface area contributed by atoms with Crippen LogP contribution in [0.3, 0.4) is 0 Å². The molecule has 0 spiro atoms. The Bertz CT molecular complexity index is 206. The van der Waals surface area contributed by atoms with Crippen LogP contribution in [0.15, 0.2) is 0 Å². The zero-order chi connectivity index (χ0) is 11.3. The third kappa shape index (κ3) is 3.82. The van der Waals surface area contributed by atoms with Crippen molar-refractivity contribution in [1.29, 1.82) is 0 Å². The first-order valence-electron chi connectivity index (χ1n) is 6.16. The first-order valence-corrected chi connectivity index (χ1v) is 6.16. The highest BCUT2D eigenvalue weighted by Gasteiger charge is 2.27. The van der Waals surface area contributed by atoms with E-state index in [0.717, 1.165) is 32.4 Å². The molecule has 3 heteroatoms. The van der Waals surface area contributed by atoms with Crippen LogP contribution in [0.4, 0.5) is 0 Å². The predicted octanol–water partition coefficient (Wildman–Crippen LogP) is 1.54. The first-order chi connectivity index (χ1) is 7.15. The van der Waals surface area contributed by atoms with Gasteiger partial charge in [-0.1, -0.05) is 20.3 Å². The lowest BCUT2D eigenvalue weighted by Gasteiger charge is -2.29. The monoisotopic (exact) mass is 212 g/mol. The van der Waals surface area contributed by atoms with Crippen molar-refractivity contribution in [1.82, 2.24) is 10.6 Å². The minimum atomic E-state index is 0.169. The van der Waals surface area contributed by atoms with Crippen LogP contribution >= 0.6 is 0 Å². The fraction of sp³-hybridized carbons (Fsp3) is 0.917. The Hall–Kier alpha value is -0.570. The fourth-order valence-electron chi connectivity index (χ4n) is 1.95. The molecule has 0 radical (unpaired) electrons. The largest absolute Gasteiger partial charge is 0.356 e. The van der Waals surface area contributed by atoms with E-state index in [2.05, 4.69) is 31.4 Å². The van der Waals surface area contributed by atoms with Gasteiger partial charge in [0.1, 0.15) is 0 Å². The highest BCUT2D eigenvalue weighted by Crippen LogP contribution is 2.16. The maximum Gasteiger partial charge on any atom is 0.224 e. The molecule has 1 fully saturated rings. The van der Waals surface area contributed by atoms with Gasteiger partial charge in [-0.3, -0.25) is 4.79 Å². The third-order valence-corrected chi connectivity index (χ3v) is 3.42. The summed E-state index contributed by atoms with van der Waals surface area (Å²) >= 11 is 0. The van der Waals surface area contributed by atoms with Crippen LogP contribution in [0.2, 0.25) is 0 Å². The van der Waals surface area contributed by atoms with E-state index in [1.165, 1.54) is 0 Å². The molecular formula is C12H24N2O. The second-order valence-corrected chi connectivity index (χ2v) is 4.75. The molecule has 0 aromatic rings. The number of piperidine rings is 1. The molecule has 3 nitrogen and oxygen atoms in total. The van der Waals surface area contributed by atoms with E-state index in [9.17, 15) is 4.79 Å². The van der Waals surface area contributed by atoms with Crippen LogP contribution in [0.1, 0.15) is 40.0 Å². The standard InChI is InChI=1S/C12H24N2O/c1-4-9(2)8-14-12(15)11-6-5-7-13-10(11)3/h9-11,13H,4-8H2,1-3H3,(H,14,15). The van der Waals surface area contributed by atoms with Crippen LogP contribution in [0, 0.1) is 11.8 Å². The first kappa shape index (κ1) is 12.5. The van der Waals surface area contributed by atoms with Gasteiger partial charge >= 0.3 is 0 Å². The van der Waals surface area contributed by atoms with Crippen molar-refractivity contribution in [2.24, 2.45) is 11.8 Å². The Balaban J connectivity index is 2.32. The molecule has 0 saturated carbocycles. The fourth-order valence-corrected chi connectivity index (χ4v) is 1.95. The molecule has 1 amide bonds. The van der Waals surface area contributed by atoms with E-state index in [1.54, 1.807) is 0 Å². The van der Waals surface area contributed by atoms with E-state index in [1.807, 2.05) is 0 Å². The predicted molar refractivity (Wildman–Crippen MR) is 62.7 cm³/mol. The van der Waals surface area contributed by atoms with Crippen LogP contribution in [-0.2, 0) is 4.79 Å². The zero-order valence-corrected chi connectivity index (χ0v) is 10.2. The van der Waals surface area contributed by atoms with Gasteiger partial charge in [0.05, 0.1) is 5.92 Å². The third-order valence-electron chi connectivity index (χ3n) is 3.42. The second kappa shape index (κ2) is 6.11. The van der Waals surface area contributed by atoms with Gasteiger partial charge in [-0.25, -0.2) is 0 Å². The molecule has 1 saturated heterocycles. The van der Waals surface area contributed by atoms with Crippen LogP contribution in [0.5, 0.6) is 0 Å². The quantitative estimate of drug-likeness (QED) is 0.742. The van der Waals surface area contributed by atoms with Crippen LogP contribution in [0.25, 0.3) is 0 Å². The number of nitrogens with one attached hydrogen (secondary N) is 2. The molecule has 88 valence electrons. The molecule has 1 rings (SSSR count). The Morgan fingerprint density at radius 1 is 1.60 bits per heavy atom. The summed E-state index contributed by atoms with van der Waals surface area (Å²) in [6.07, 6.45) is 3.27. The van der Waals surface area contributed by atoms with Gasteiger partial charge in [0, 0.05) is 12.6 Å². The van der Waals surface area contributed by atoms with Crippen molar-refractivity contribution in [3.63, 3.8) is 0 Å². The number of hydrogen-bond donors (Lipinski definition) is 2. The topological polar surface area (TPSA) is 41.1 Å². The van der Waals surface area contributed by atoms with Crippen molar-refractivity contribution < 1.29 is 4.79 Å². The van der Waals surface area contributed by atoms with E-state index < -0.39 is 0 Å². The summed E-state index contributed by atoms with van der Waals surface area (Å²) in [5, 5.41) is 6.41. The molecule has 3 unspecified atom stereocenters. The molecule has 1 heterocycles. The van der Waals surface area contributed by atoms with Gasteiger partial charge in [-0.2, -0.15) is 0 Å². The summed E-state index contributed by atoms with van der Waals surface area (Å²) in [6, 6.07) is 0.329. The molecule has 15 heavy (non-hydrogen) atoms. The average molecular weight is 212 g/mol. The van der Waals surface area contributed by atoms with E-state index in [0.29, 0.717) is 12.0 Å². The van der Waals surface area contributed by atoms with Crippen molar-refractivity contribution in [3.8, 4) is 0 Å². The molecule has 3 atom stereocenters. The molecule has 0 aliphatic carbocycles. The summed E-state index contributed by atoms with van der Waals surface area (Å²) in [6.45, 7) is 8.30. The van der Waals surface area contributed by atoms with Crippen molar-refractivity contribution in [2.75, 3.05) is 13.1 Å². The van der Waals surface area contributed by atoms with Gasteiger partial charge < -0.3 is 10.6 Å². The average Bonchev–Trinajstić information content (AvgIpc) is 2.26. The number of carbonyl (C=O) groups is 1.